The number of nitrogens with zero attached hydrogens (tertiary/aromatic N) is 1. The van der Waals surface area contributed by atoms with Crippen molar-refractivity contribution >= 4 is 34.0 Å². The smallest absolute Gasteiger partial charge is 0.345 e. The average molecular weight is 417 g/mol. The highest BCUT2D eigenvalue weighted by Gasteiger charge is 2.18. The van der Waals surface area contributed by atoms with E-state index in [9.17, 15) is 14.7 Å². The SMILES string of the molecule is CCC(c1cccc(-c2csc(C(=O)O)c2)c1)c1nccc2cc(C(N)=O)ccc12. The largest absolute Gasteiger partial charge is 0.477 e. The molecule has 1 unspecified atom stereocenters. The van der Waals surface area contributed by atoms with Gasteiger partial charge in [0.1, 0.15) is 4.88 Å². The molecule has 150 valence electrons. The quantitative estimate of drug-likeness (QED) is 0.446. The van der Waals surface area contributed by atoms with Crippen molar-refractivity contribution in [1.29, 1.82) is 0 Å². The summed E-state index contributed by atoms with van der Waals surface area (Å²) in [5.41, 5.74) is 9.82. The van der Waals surface area contributed by atoms with Crippen LogP contribution < -0.4 is 5.73 Å². The van der Waals surface area contributed by atoms with E-state index in [1.807, 2.05) is 29.6 Å². The van der Waals surface area contributed by atoms with E-state index in [0.29, 0.717) is 10.4 Å². The molecule has 0 aliphatic rings. The average Bonchev–Trinajstić information content (AvgIpc) is 3.25. The van der Waals surface area contributed by atoms with E-state index in [2.05, 4.69) is 24.0 Å². The van der Waals surface area contributed by atoms with Crippen LogP contribution in [-0.2, 0) is 0 Å². The molecule has 0 saturated heterocycles. The van der Waals surface area contributed by atoms with Crippen LogP contribution in [0.4, 0.5) is 0 Å². The van der Waals surface area contributed by atoms with Crippen LogP contribution in [-0.4, -0.2) is 22.0 Å². The van der Waals surface area contributed by atoms with E-state index < -0.39 is 11.9 Å². The van der Waals surface area contributed by atoms with Gasteiger partial charge in [-0.25, -0.2) is 4.79 Å². The summed E-state index contributed by atoms with van der Waals surface area (Å²) in [4.78, 5) is 27.7. The number of carbonyl (C=O) groups excluding carboxylic acids is 1. The molecule has 0 aliphatic carbocycles. The molecule has 6 heteroatoms. The number of aromatic nitrogens is 1. The molecule has 0 saturated carbocycles. The molecule has 4 aromatic rings. The third-order valence-corrected chi connectivity index (χ3v) is 6.17. The molecule has 0 aliphatic heterocycles. The lowest BCUT2D eigenvalue weighted by Gasteiger charge is -2.18. The Morgan fingerprint density at radius 1 is 1.10 bits per heavy atom. The van der Waals surface area contributed by atoms with Crippen molar-refractivity contribution in [2.24, 2.45) is 5.73 Å². The van der Waals surface area contributed by atoms with Crippen LogP contribution in [0.25, 0.3) is 21.9 Å². The maximum Gasteiger partial charge on any atom is 0.345 e. The van der Waals surface area contributed by atoms with Gasteiger partial charge in [0.15, 0.2) is 0 Å². The Morgan fingerprint density at radius 3 is 2.63 bits per heavy atom. The van der Waals surface area contributed by atoms with Crippen molar-refractivity contribution < 1.29 is 14.7 Å². The van der Waals surface area contributed by atoms with E-state index in [1.54, 1.807) is 24.4 Å². The maximum atomic E-state index is 11.5. The molecule has 2 aromatic carbocycles. The minimum atomic E-state index is -0.913. The van der Waals surface area contributed by atoms with Gasteiger partial charge in [0.05, 0.1) is 5.69 Å². The number of nitrogens with two attached hydrogens (primary N) is 1. The molecule has 30 heavy (non-hydrogen) atoms. The number of primary amides is 1. The van der Waals surface area contributed by atoms with Crippen molar-refractivity contribution in [3.05, 3.63) is 87.9 Å². The molecule has 0 radical (unpaired) electrons. The highest BCUT2D eigenvalue weighted by Crippen LogP contribution is 2.34. The summed E-state index contributed by atoms with van der Waals surface area (Å²) >= 11 is 1.22. The van der Waals surface area contributed by atoms with Gasteiger partial charge in [-0.3, -0.25) is 9.78 Å². The molecule has 0 spiro atoms. The number of pyridine rings is 1. The summed E-state index contributed by atoms with van der Waals surface area (Å²) in [6.07, 6.45) is 2.60. The third kappa shape index (κ3) is 3.69. The van der Waals surface area contributed by atoms with E-state index in [-0.39, 0.29) is 5.92 Å². The van der Waals surface area contributed by atoms with Crippen molar-refractivity contribution in [3.63, 3.8) is 0 Å². The van der Waals surface area contributed by atoms with Gasteiger partial charge in [-0.15, -0.1) is 11.3 Å². The Bertz CT molecular complexity index is 1260. The molecule has 0 bridgehead atoms. The predicted octanol–water partition coefficient (Wildman–Crippen LogP) is 5.30. The maximum absolute atomic E-state index is 11.5. The summed E-state index contributed by atoms with van der Waals surface area (Å²) in [6, 6.07) is 17.2. The predicted molar refractivity (Wildman–Crippen MR) is 119 cm³/mol. The van der Waals surface area contributed by atoms with Gasteiger partial charge >= 0.3 is 5.97 Å². The fourth-order valence-electron chi connectivity index (χ4n) is 3.75. The number of carboxylic acid groups (broad SMARTS) is 1. The number of fused-ring (bicyclic) bond motifs is 1. The molecule has 0 fully saturated rings. The van der Waals surface area contributed by atoms with E-state index >= 15 is 0 Å². The molecule has 2 aromatic heterocycles. The van der Waals surface area contributed by atoms with E-state index in [1.165, 1.54) is 11.3 Å². The summed E-state index contributed by atoms with van der Waals surface area (Å²) in [5, 5.41) is 13.0. The summed E-state index contributed by atoms with van der Waals surface area (Å²) < 4.78 is 0. The number of carboxylic acids is 1. The standard InChI is InChI=1S/C24H20N2O3S/c1-2-19(22-20-7-6-17(23(25)27)11-16(20)8-9-26-22)15-5-3-4-14(10-15)18-12-21(24(28)29)30-13-18/h3-13,19H,2H2,1H3,(H2,25,27)(H,28,29). The van der Waals surface area contributed by atoms with Crippen molar-refractivity contribution in [2.45, 2.75) is 19.3 Å². The number of benzene rings is 2. The van der Waals surface area contributed by atoms with Crippen molar-refractivity contribution in [3.8, 4) is 11.1 Å². The van der Waals surface area contributed by atoms with Gasteiger partial charge in [0.25, 0.3) is 0 Å². The Balaban J connectivity index is 1.77. The molecule has 1 atom stereocenters. The summed E-state index contributed by atoms with van der Waals surface area (Å²) in [7, 11) is 0. The summed E-state index contributed by atoms with van der Waals surface area (Å²) in [5.74, 6) is -1.30. The number of hydrogen-bond acceptors (Lipinski definition) is 4. The Hall–Kier alpha value is -3.51. The second-order valence-electron chi connectivity index (χ2n) is 7.09. The lowest BCUT2D eigenvalue weighted by molar-refractivity contribution is 0.0702. The van der Waals surface area contributed by atoms with Gasteiger partial charge in [0.2, 0.25) is 5.91 Å². The number of rotatable bonds is 6. The number of hydrogen-bond donors (Lipinski definition) is 2. The zero-order valence-electron chi connectivity index (χ0n) is 16.3. The number of carbonyl (C=O) groups is 2. The first-order chi connectivity index (χ1) is 14.5. The Kier molecular flexibility index (Phi) is 5.33. The van der Waals surface area contributed by atoms with Gasteiger partial charge in [-0.2, -0.15) is 0 Å². The van der Waals surface area contributed by atoms with Crippen LogP contribution >= 0.6 is 11.3 Å². The first-order valence-corrected chi connectivity index (χ1v) is 10.5. The van der Waals surface area contributed by atoms with Gasteiger partial charge in [-0.05, 0) is 58.1 Å². The van der Waals surface area contributed by atoms with Gasteiger partial charge in [0, 0.05) is 23.1 Å². The first kappa shape index (κ1) is 19.8. The van der Waals surface area contributed by atoms with E-state index in [0.717, 1.165) is 39.6 Å². The number of thiophene rings is 1. The molecule has 3 N–H and O–H groups in total. The van der Waals surface area contributed by atoms with Crippen molar-refractivity contribution in [2.75, 3.05) is 0 Å². The third-order valence-electron chi connectivity index (χ3n) is 5.25. The fourth-order valence-corrected chi connectivity index (χ4v) is 4.51. The first-order valence-electron chi connectivity index (χ1n) is 9.58. The normalized spacial score (nSPS) is 12.0. The lowest BCUT2D eigenvalue weighted by atomic mass is 9.88. The lowest BCUT2D eigenvalue weighted by Crippen LogP contribution is -2.11. The van der Waals surface area contributed by atoms with Crippen LogP contribution in [0.3, 0.4) is 0 Å². The molecule has 2 heterocycles. The van der Waals surface area contributed by atoms with Crippen LogP contribution in [0.5, 0.6) is 0 Å². The second-order valence-corrected chi connectivity index (χ2v) is 8.00. The fraction of sp³-hybridized carbons (Fsp3) is 0.125. The van der Waals surface area contributed by atoms with Gasteiger partial charge in [-0.1, -0.05) is 37.3 Å². The van der Waals surface area contributed by atoms with Crippen LogP contribution in [0.1, 0.15) is 50.5 Å². The minimum absolute atomic E-state index is 0.0608. The topological polar surface area (TPSA) is 93.3 Å². The molecule has 4 rings (SSSR count). The van der Waals surface area contributed by atoms with Crippen molar-refractivity contribution in [1.82, 2.24) is 4.98 Å². The highest BCUT2D eigenvalue weighted by atomic mass is 32.1. The summed E-state index contributed by atoms with van der Waals surface area (Å²) in [6.45, 7) is 2.11. The van der Waals surface area contributed by atoms with Crippen LogP contribution in [0.2, 0.25) is 0 Å². The van der Waals surface area contributed by atoms with Crippen LogP contribution in [0, 0.1) is 0 Å². The molecule has 1 amide bonds. The molecular weight excluding hydrogens is 396 g/mol. The zero-order chi connectivity index (χ0) is 21.3. The van der Waals surface area contributed by atoms with E-state index in [4.69, 9.17) is 5.73 Å². The minimum Gasteiger partial charge on any atom is -0.477 e. The van der Waals surface area contributed by atoms with Gasteiger partial charge < -0.3 is 10.8 Å². The second kappa shape index (κ2) is 8.08. The molecular formula is C24H20N2O3S. The molecule has 5 nitrogen and oxygen atoms in total. The zero-order valence-corrected chi connectivity index (χ0v) is 17.1. The highest BCUT2D eigenvalue weighted by molar-refractivity contribution is 7.12. The van der Waals surface area contributed by atoms with Crippen LogP contribution in [0.15, 0.2) is 66.2 Å². The Labute approximate surface area is 177 Å². The number of aromatic carboxylic acids is 1. The number of amides is 1. The monoisotopic (exact) mass is 416 g/mol. The Morgan fingerprint density at radius 2 is 1.93 bits per heavy atom.